The fourth-order valence-corrected chi connectivity index (χ4v) is 4.17. The van der Waals surface area contributed by atoms with E-state index in [0.29, 0.717) is 17.0 Å². The van der Waals surface area contributed by atoms with Gasteiger partial charge in [0.2, 0.25) is 5.91 Å². The molecule has 0 fully saturated rings. The highest BCUT2D eigenvalue weighted by molar-refractivity contribution is 5.96. The lowest BCUT2D eigenvalue weighted by molar-refractivity contribution is -0.384. The Bertz CT molecular complexity index is 1150. The predicted molar refractivity (Wildman–Crippen MR) is 138 cm³/mol. The van der Waals surface area contributed by atoms with Gasteiger partial charge in [-0.1, -0.05) is 18.2 Å². The molecule has 1 aliphatic rings. The number of allylic oxidation sites excluding steroid dienone is 3. The van der Waals surface area contributed by atoms with E-state index in [1.165, 1.54) is 17.0 Å². The van der Waals surface area contributed by atoms with Crippen molar-refractivity contribution < 1.29 is 28.8 Å². The highest BCUT2D eigenvalue weighted by Gasteiger charge is 2.43. The number of carbonyl (C=O) groups excluding carboxylic acids is 3. The van der Waals surface area contributed by atoms with Crippen molar-refractivity contribution in [2.24, 2.45) is 11.1 Å². The summed E-state index contributed by atoms with van der Waals surface area (Å²) in [6, 6.07) is 5.99. The first-order valence-corrected chi connectivity index (χ1v) is 12.1. The van der Waals surface area contributed by atoms with Gasteiger partial charge < -0.3 is 15.2 Å². The minimum Gasteiger partial charge on any atom is -0.460 e. The molecule has 1 aliphatic heterocycles. The van der Waals surface area contributed by atoms with Crippen LogP contribution in [0.25, 0.3) is 0 Å². The lowest BCUT2D eigenvalue weighted by Crippen LogP contribution is -2.48. The molecule has 37 heavy (non-hydrogen) atoms. The smallest absolute Gasteiger partial charge is 0.337 e. The summed E-state index contributed by atoms with van der Waals surface area (Å²) in [5.41, 5.74) is 5.30. The highest BCUT2D eigenvalue weighted by Crippen LogP contribution is 2.40. The summed E-state index contributed by atoms with van der Waals surface area (Å²) in [5.74, 6) is -2.38. The van der Waals surface area contributed by atoms with Gasteiger partial charge in [0.05, 0.1) is 28.4 Å². The standard InChI is InChI=1S/C27H37N3O7/c1-16(2)36-24(32)23-18(4)29(25(33)27(8,15-28)14-22(31)37-26(5,6)7)17(3)12-21(23)19-10-9-11-20(13-19)30(34)35/h9-13,16,21H,14-15,28H2,1-8H3. The Labute approximate surface area is 217 Å². The first-order valence-electron chi connectivity index (χ1n) is 12.1. The summed E-state index contributed by atoms with van der Waals surface area (Å²) in [7, 11) is 0. The molecule has 1 aromatic carbocycles. The van der Waals surface area contributed by atoms with Crippen molar-refractivity contribution in [1.29, 1.82) is 0 Å². The summed E-state index contributed by atoms with van der Waals surface area (Å²) in [5, 5.41) is 11.4. The SMILES string of the molecule is CC1=CC(c2cccc([N+](=O)[O-])c2)C(C(=O)OC(C)C)=C(C)N1C(=O)C(C)(CN)CC(=O)OC(C)(C)C. The lowest BCUT2D eigenvalue weighted by Gasteiger charge is -2.39. The van der Waals surface area contributed by atoms with Crippen molar-refractivity contribution in [3.8, 4) is 0 Å². The summed E-state index contributed by atoms with van der Waals surface area (Å²) < 4.78 is 10.9. The predicted octanol–water partition coefficient (Wildman–Crippen LogP) is 4.35. The molecular weight excluding hydrogens is 478 g/mol. The van der Waals surface area contributed by atoms with Gasteiger partial charge in [-0.2, -0.15) is 0 Å². The Morgan fingerprint density at radius 1 is 1.16 bits per heavy atom. The van der Waals surface area contributed by atoms with Crippen LogP contribution < -0.4 is 5.73 Å². The molecule has 0 bridgehead atoms. The van der Waals surface area contributed by atoms with E-state index in [-0.39, 0.29) is 24.2 Å². The number of carbonyl (C=O) groups is 3. The zero-order valence-electron chi connectivity index (χ0n) is 22.8. The number of esters is 2. The zero-order valence-corrected chi connectivity index (χ0v) is 22.8. The van der Waals surface area contributed by atoms with Gasteiger partial charge in [-0.15, -0.1) is 0 Å². The molecule has 1 aromatic rings. The van der Waals surface area contributed by atoms with Crippen LogP contribution in [0.2, 0.25) is 0 Å². The Hall–Kier alpha value is -3.53. The molecule has 2 N–H and O–H groups in total. The maximum atomic E-state index is 13.9. The van der Waals surface area contributed by atoms with Crippen LogP contribution in [0.4, 0.5) is 5.69 Å². The van der Waals surface area contributed by atoms with Crippen LogP contribution in [0, 0.1) is 15.5 Å². The summed E-state index contributed by atoms with van der Waals surface area (Å²) in [6.45, 7) is 13.4. The maximum absolute atomic E-state index is 13.9. The minimum atomic E-state index is -1.32. The number of amides is 1. The van der Waals surface area contributed by atoms with Crippen LogP contribution in [0.15, 0.2) is 47.3 Å². The third kappa shape index (κ3) is 7.03. The first kappa shape index (κ1) is 29.7. The fraction of sp³-hybridized carbons (Fsp3) is 0.519. The molecule has 2 atom stereocenters. The molecule has 0 aromatic heterocycles. The van der Waals surface area contributed by atoms with Gasteiger partial charge in [0.15, 0.2) is 0 Å². The molecule has 1 heterocycles. The molecule has 2 rings (SSSR count). The van der Waals surface area contributed by atoms with Crippen LogP contribution in [0.3, 0.4) is 0 Å². The quantitative estimate of drug-likeness (QED) is 0.306. The Kier molecular flexibility index (Phi) is 9.03. The molecule has 202 valence electrons. The van der Waals surface area contributed by atoms with Crippen molar-refractivity contribution in [3.63, 3.8) is 0 Å². The molecule has 0 spiro atoms. The Morgan fingerprint density at radius 3 is 2.30 bits per heavy atom. The van der Waals surface area contributed by atoms with Gasteiger partial charge in [0.25, 0.3) is 5.69 Å². The van der Waals surface area contributed by atoms with Crippen LogP contribution in [0.5, 0.6) is 0 Å². The van der Waals surface area contributed by atoms with Crippen LogP contribution >= 0.6 is 0 Å². The molecule has 0 saturated heterocycles. The van der Waals surface area contributed by atoms with Crippen molar-refractivity contribution in [2.75, 3.05) is 6.54 Å². The van der Waals surface area contributed by atoms with E-state index < -0.39 is 45.8 Å². The number of ether oxygens (including phenoxy) is 2. The normalized spacial score (nSPS) is 17.7. The first-order chi connectivity index (χ1) is 17.0. The van der Waals surface area contributed by atoms with Gasteiger partial charge >= 0.3 is 11.9 Å². The van der Waals surface area contributed by atoms with E-state index in [1.54, 1.807) is 73.6 Å². The van der Waals surface area contributed by atoms with E-state index in [1.807, 2.05) is 0 Å². The largest absolute Gasteiger partial charge is 0.460 e. The zero-order chi connectivity index (χ0) is 28.3. The number of nitrogens with zero attached hydrogens (tertiary/aromatic N) is 2. The Morgan fingerprint density at radius 2 is 1.78 bits per heavy atom. The highest BCUT2D eigenvalue weighted by atomic mass is 16.6. The second-order valence-electron chi connectivity index (χ2n) is 10.8. The molecule has 1 amide bonds. The van der Waals surface area contributed by atoms with Crippen LogP contribution in [0.1, 0.15) is 73.3 Å². The van der Waals surface area contributed by atoms with E-state index >= 15 is 0 Å². The van der Waals surface area contributed by atoms with Crippen LogP contribution in [-0.2, 0) is 23.9 Å². The number of hydrogen-bond acceptors (Lipinski definition) is 8. The molecule has 10 nitrogen and oxygen atoms in total. The number of benzene rings is 1. The van der Waals surface area contributed by atoms with Crippen molar-refractivity contribution in [1.82, 2.24) is 4.90 Å². The number of nitro groups is 1. The van der Waals surface area contributed by atoms with Gasteiger partial charge in [-0.3, -0.25) is 24.6 Å². The summed E-state index contributed by atoms with van der Waals surface area (Å²) >= 11 is 0. The number of nitro benzene ring substituents is 1. The van der Waals surface area contributed by atoms with Gasteiger partial charge in [-0.05, 0) is 61.0 Å². The van der Waals surface area contributed by atoms with Crippen molar-refractivity contribution in [3.05, 3.63) is 63.0 Å². The molecule has 0 radical (unpaired) electrons. The summed E-state index contributed by atoms with van der Waals surface area (Å²) in [6.07, 6.45) is 0.998. The second-order valence-corrected chi connectivity index (χ2v) is 10.8. The molecule has 0 aliphatic carbocycles. The number of hydrogen-bond donors (Lipinski definition) is 1. The van der Waals surface area contributed by atoms with Crippen LogP contribution in [-0.4, -0.2) is 45.9 Å². The topological polar surface area (TPSA) is 142 Å². The number of nitrogens with two attached hydrogens (primary N) is 1. The third-order valence-corrected chi connectivity index (χ3v) is 5.92. The molecule has 10 heteroatoms. The van der Waals surface area contributed by atoms with E-state index in [0.717, 1.165) is 0 Å². The third-order valence-electron chi connectivity index (χ3n) is 5.92. The lowest BCUT2D eigenvalue weighted by atomic mass is 9.82. The monoisotopic (exact) mass is 515 g/mol. The second kappa shape index (κ2) is 11.2. The van der Waals surface area contributed by atoms with E-state index in [2.05, 4.69) is 0 Å². The van der Waals surface area contributed by atoms with E-state index in [9.17, 15) is 24.5 Å². The van der Waals surface area contributed by atoms with Gasteiger partial charge in [0.1, 0.15) is 5.60 Å². The van der Waals surface area contributed by atoms with Gasteiger partial charge in [0, 0.05) is 36.0 Å². The molecule has 2 unspecified atom stereocenters. The average Bonchev–Trinajstić information content (AvgIpc) is 2.76. The number of non-ortho nitro benzene ring substituents is 1. The van der Waals surface area contributed by atoms with Crippen molar-refractivity contribution in [2.45, 2.75) is 79.4 Å². The van der Waals surface area contributed by atoms with Gasteiger partial charge in [-0.25, -0.2) is 4.79 Å². The molecular formula is C27H37N3O7. The average molecular weight is 516 g/mol. The van der Waals surface area contributed by atoms with E-state index in [4.69, 9.17) is 15.2 Å². The number of rotatable bonds is 8. The Balaban J connectivity index is 2.60. The maximum Gasteiger partial charge on any atom is 0.337 e. The molecule has 0 saturated carbocycles. The minimum absolute atomic E-state index is 0.121. The summed E-state index contributed by atoms with van der Waals surface area (Å²) in [4.78, 5) is 52.0. The van der Waals surface area contributed by atoms with Crippen molar-refractivity contribution >= 4 is 23.5 Å². The fourth-order valence-electron chi connectivity index (χ4n) is 4.17.